The van der Waals surface area contributed by atoms with Crippen molar-refractivity contribution in [3.8, 4) is 0 Å². The first-order valence-corrected chi connectivity index (χ1v) is 9.65. The van der Waals surface area contributed by atoms with Crippen molar-refractivity contribution >= 4 is 11.9 Å². The van der Waals surface area contributed by atoms with Gasteiger partial charge in [-0.15, -0.1) is 0 Å². The van der Waals surface area contributed by atoms with Crippen LogP contribution < -0.4 is 0 Å². The second-order valence-corrected chi connectivity index (χ2v) is 6.98. The fourth-order valence-corrected chi connectivity index (χ4v) is 3.23. The largest absolute Gasteiger partial charge is 0.464 e. The Morgan fingerprint density at radius 3 is 1.81 bits per heavy atom. The normalized spacial score (nSPS) is 21.3. The van der Waals surface area contributed by atoms with Gasteiger partial charge in [-0.3, -0.25) is 0 Å². The smallest absolute Gasteiger partial charge is 0.338 e. The Kier molecular flexibility index (Phi) is 7.39. The van der Waals surface area contributed by atoms with Gasteiger partial charge in [-0.2, -0.15) is 0 Å². The number of esters is 2. The van der Waals surface area contributed by atoms with E-state index in [9.17, 15) is 9.59 Å². The summed E-state index contributed by atoms with van der Waals surface area (Å²) in [4.78, 5) is 24.7. The molecular weight excluding hydrogens is 348 g/mol. The van der Waals surface area contributed by atoms with Crippen molar-refractivity contribution < 1.29 is 28.5 Å². The maximum Gasteiger partial charge on any atom is 0.338 e. The average Bonchev–Trinajstić information content (AvgIpc) is 3.04. The molecule has 0 aliphatic carbocycles. The van der Waals surface area contributed by atoms with E-state index < -0.39 is 29.9 Å². The highest BCUT2D eigenvalue weighted by atomic mass is 16.8. The molecule has 6 heteroatoms. The lowest BCUT2D eigenvalue weighted by molar-refractivity contribution is -0.197. The minimum Gasteiger partial charge on any atom is -0.464 e. The molecule has 0 radical (unpaired) electrons. The molecule has 1 saturated heterocycles. The summed E-state index contributed by atoms with van der Waals surface area (Å²) in [6.45, 7) is 10.0. The maximum absolute atomic E-state index is 12.3. The molecule has 1 aromatic rings. The van der Waals surface area contributed by atoms with E-state index >= 15 is 0 Å². The van der Waals surface area contributed by atoms with Crippen LogP contribution in [0.3, 0.4) is 0 Å². The third kappa shape index (κ3) is 4.87. The molecule has 150 valence electrons. The summed E-state index contributed by atoms with van der Waals surface area (Å²) in [5.74, 6) is -1.88. The zero-order chi connectivity index (χ0) is 20.0. The molecule has 27 heavy (non-hydrogen) atoms. The molecular formula is C21H30O6. The first kappa shape index (κ1) is 21.4. The number of rotatable bonds is 8. The van der Waals surface area contributed by atoms with Gasteiger partial charge in [0.15, 0.2) is 18.0 Å². The van der Waals surface area contributed by atoms with Crippen LogP contribution in [0.15, 0.2) is 24.3 Å². The van der Waals surface area contributed by atoms with Crippen LogP contribution in [0.2, 0.25) is 0 Å². The molecule has 2 rings (SSSR count). The fraction of sp³-hybridized carbons (Fsp3) is 0.619. The summed E-state index contributed by atoms with van der Waals surface area (Å²) in [5.41, 5.74) is 1.97. The van der Waals surface area contributed by atoms with Crippen LogP contribution in [0.5, 0.6) is 0 Å². The molecule has 1 aliphatic heterocycles. The van der Waals surface area contributed by atoms with Crippen molar-refractivity contribution in [2.24, 2.45) is 5.92 Å². The van der Waals surface area contributed by atoms with E-state index in [4.69, 9.17) is 18.9 Å². The quantitative estimate of drug-likeness (QED) is 0.646. The van der Waals surface area contributed by atoms with Crippen molar-refractivity contribution in [1.82, 2.24) is 0 Å². The van der Waals surface area contributed by atoms with E-state index in [-0.39, 0.29) is 13.2 Å². The van der Waals surface area contributed by atoms with E-state index in [1.54, 1.807) is 13.8 Å². The van der Waals surface area contributed by atoms with E-state index in [1.165, 1.54) is 5.56 Å². The average molecular weight is 378 g/mol. The van der Waals surface area contributed by atoms with Crippen molar-refractivity contribution in [3.05, 3.63) is 35.4 Å². The number of carbonyl (C=O) groups excluding carboxylic acids is 2. The van der Waals surface area contributed by atoms with Gasteiger partial charge >= 0.3 is 11.9 Å². The van der Waals surface area contributed by atoms with Gasteiger partial charge in [0.25, 0.3) is 0 Å². The Hall–Kier alpha value is -1.92. The van der Waals surface area contributed by atoms with E-state index in [2.05, 4.69) is 13.8 Å². The topological polar surface area (TPSA) is 71.1 Å². The van der Waals surface area contributed by atoms with Crippen molar-refractivity contribution in [2.45, 2.75) is 65.5 Å². The van der Waals surface area contributed by atoms with E-state index in [0.717, 1.165) is 12.0 Å². The molecule has 6 nitrogen and oxygen atoms in total. The van der Waals surface area contributed by atoms with Gasteiger partial charge in [-0.1, -0.05) is 45.0 Å². The van der Waals surface area contributed by atoms with Gasteiger partial charge in [0, 0.05) is 12.0 Å². The number of ether oxygens (including phenoxy) is 4. The summed E-state index contributed by atoms with van der Waals surface area (Å²) in [5, 5.41) is 0. The van der Waals surface area contributed by atoms with Gasteiger partial charge in [0.2, 0.25) is 0 Å². The molecule has 0 spiro atoms. The van der Waals surface area contributed by atoms with Crippen molar-refractivity contribution in [2.75, 3.05) is 13.2 Å². The first-order chi connectivity index (χ1) is 12.9. The summed E-state index contributed by atoms with van der Waals surface area (Å²) in [7, 11) is 0. The lowest BCUT2D eigenvalue weighted by Gasteiger charge is -2.27. The molecule has 1 fully saturated rings. The van der Waals surface area contributed by atoms with Crippen LogP contribution >= 0.6 is 0 Å². The zero-order valence-electron chi connectivity index (χ0n) is 16.8. The molecule has 0 N–H and O–H groups in total. The zero-order valence-corrected chi connectivity index (χ0v) is 16.8. The minimum atomic E-state index is -1.19. The predicted molar refractivity (Wildman–Crippen MR) is 100.0 cm³/mol. The van der Waals surface area contributed by atoms with Crippen LogP contribution in [-0.4, -0.2) is 37.4 Å². The molecule has 0 unspecified atom stereocenters. The van der Waals surface area contributed by atoms with Crippen LogP contribution in [0.25, 0.3) is 0 Å². The van der Waals surface area contributed by atoms with E-state index in [1.807, 2.05) is 31.2 Å². The van der Waals surface area contributed by atoms with Gasteiger partial charge in [0.1, 0.15) is 0 Å². The van der Waals surface area contributed by atoms with Gasteiger partial charge in [-0.05, 0) is 31.7 Å². The van der Waals surface area contributed by atoms with Crippen LogP contribution in [0.4, 0.5) is 0 Å². The maximum atomic E-state index is 12.3. The number of benzene rings is 1. The predicted octanol–water partition coefficient (Wildman–Crippen LogP) is 3.36. The molecule has 0 amide bonds. The molecule has 1 aliphatic rings. The second-order valence-electron chi connectivity index (χ2n) is 6.98. The molecule has 1 aromatic carbocycles. The number of hydrogen-bond donors (Lipinski definition) is 0. The third-order valence-corrected chi connectivity index (χ3v) is 4.45. The van der Waals surface area contributed by atoms with Crippen LogP contribution in [0.1, 0.15) is 52.2 Å². The highest BCUT2D eigenvalue weighted by Gasteiger charge is 2.54. The fourth-order valence-electron chi connectivity index (χ4n) is 3.23. The first-order valence-electron chi connectivity index (χ1n) is 9.65. The molecule has 0 bridgehead atoms. The number of carbonyl (C=O) groups is 2. The highest BCUT2D eigenvalue weighted by Crippen LogP contribution is 2.41. The Balaban J connectivity index is 2.31. The minimum absolute atomic E-state index is 0.192. The molecule has 1 heterocycles. The van der Waals surface area contributed by atoms with Crippen LogP contribution in [0, 0.1) is 5.92 Å². The monoisotopic (exact) mass is 378 g/mol. The summed E-state index contributed by atoms with van der Waals surface area (Å²) in [6.07, 6.45) is -0.904. The Morgan fingerprint density at radius 2 is 1.44 bits per heavy atom. The van der Waals surface area contributed by atoms with Gasteiger partial charge in [-0.25, -0.2) is 9.59 Å². The van der Waals surface area contributed by atoms with Gasteiger partial charge in [0.05, 0.1) is 13.2 Å². The lowest BCUT2D eigenvalue weighted by Crippen LogP contribution is -2.39. The summed E-state index contributed by atoms with van der Waals surface area (Å²) in [6, 6.07) is 7.90. The Labute approximate surface area is 161 Å². The summed E-state index contributed by atoms with van der Waals surface area (Å²) >= 11 is 0. The SMILES string of the molecule is CCOC(=O)[C@@H]1OC(CC)(c2ccc(CC(C)C)cc2)O[C@H]1C(=O)OCC. The Morgan fingerprint density at radius 1 is 0.963 bits per heavy atom. The molecule has 0 aromatic heterocycles. The number of hydrogen-bond acceptors (Lipinski definition) is 6. The lowest BCUT2D eigenvalue weighted by atomic mass is 9.98. The Bertz CT molecular complexity index is 611. The van der Waals surface area contributed by atoms with E-state index in [0.29, 0.717) is 12.3 Å². The second kappa shape index (κ2) is 9.33. The van der Waals surface area contributed by atoms with Crippen LogP contribution in [-0.2, 0) is 40.7 Å². The summed E-state index contributed by atoms with van der Waals surface area (Å²) < 4.78 is 22.1. The molecule has 2 atom stereocenters. The molecule has 0 saturated carbocycles. The van der Waals surface area contributed by atoms with Gasteiger partial charge < -0.3 is 18.9 Å². The highest BCUT2D eigenvalue weighted by molar-refractivity contribution is 5.86. The standard InChI is InChI=1S/C21H30O6/c1-6-21(16-11-9-15(10-12-16)13-14(4)5)26-17(19(22)24-7-2)18(27-21)20(23)25-8-3/h9-12,14,17-18H,6-8,13H2,1-5H3/t17-,18-/m1/s1. The third-order valence-electron chi connectivity index (χ3n) is 4.45. The van der Waals surface area contributed by atoms with Crippen molar-refractivity contribution in [1.29, 1.82) is 0 Å². The van der Waals surface area contributed by atoms with Crippen molar-refractivity contribution in [3.63, 3.8) is 0 Å².